The Kier molecular flexibility index (Phi) is 5.66. The lowest BCUT2D eigenvalue weighted by molar-refractivity contribution is -0.124. The van der Waals surface area contributed by atoms with E-state index in [4.69, 9.17) is 4.74 Å². The molecular weight excluding hydrogens is 348 g/mol. The topological polar surface area (TPSA) is 68.3 Å². The number of carbonyl (C=O) groups is 2. The zero-order valence-corrected chi connectivity index (χ0v) is 13.5. The maximum Gasteiger partial charge on any atom is 0.357 e. The predicted molar refractivity (Wildman–Crippen MR) is 85.2 cm³/mol. The molecule has 1 heterocycles. The van der Waals surface area contributed by atoms with Crippen molar-refractivity contribution < 1.29 is 14.3 Å². The zero-order chi connectivity index (χ0) is 15.9. The zero-order valence-electron chi connectivity index (χ0n) is 12.0. The van der Waals surface area contributed by atoms with Gasteiger partial charge >= 0.3 is 5.97 Å². The molecule has 1 aromatic heterocycles. The van der Waals surface area contributed by atoms with Crippen molar-refractivity contribution in [1.29, 1.82) is 0 Å². The van der Waals surface area contributed by atoms with Crippen LogP contribution in [0, 0.1) is 0 Å². The van der Waals surface area contributed by atoms with Crippen LogP contribution in [0.1, 0.15) is 29.0 Å². The molecule has 0 bridgehead atoms. The Hall–Kier alpha value is -2.21. The Morgan fingerprint density at radius 3 is 2.64 bits per heavy atom. The lowest BCUT2D eigenvalue weighted by Crippen LogP contribution is -2.31. The number of ether oxygens (including phenoxy) is 1. The van der Waals surface area contributed by atoms with E-state index >= 15 is 0 Å². The van der Waals surface area contributed by atoms with Crippen LogP contribution in [0.5, 0.6) is 0 Å². The Morgan fingerprint density at radius 2 is 1.95 bits per heavy atom. The predicted octanol–water partition coefficient (Wildman–Crippen LogP) is 2.88. The molecule has 114 valence electrons. The summed E-state index contributed by atoms with van der Waals surface area (Å²) in [5.41, 5.74) is 1.13. The van der Waals surface area contributed by atoms with Gasteiger partial charge in [0.05, 0.1) is 6.04 Å². The standard InChI is InChI=1S/C16H15BrN2O3/c1-11(12-6-2-3-7-13(12)17)19-15(20)10-22-16(21)14-8-4-5-9-18-14/h2-9,11H,10H2,1H3,(H,19,20)/t11-/m0/s1. The number of esters is 1. The molecule has 0 unspecified atom stereocenters. The smallest absolute Gasteiger partial charge is 0.357 e. The lowest BCUT2D eigenvalue weighted by atomic mass is 10.1. The van der Waals surface area contributed by atoms with Crippen LogP contribution in [-0.4, -0.2) is 23.5 Å². The van der Waals surface area contributed by atoms with Crippen molar-refractivity contribution in [2.45, 2.75) is 13.0 Å². The van der Waals surface area contributed by atoms with E-state index in [9.17, 15) is 9.59 Å². The third-order valence-corrected chi connectivity index (χ3v) is 3.68. The minimum absolute atomic E-state index is 0.175. The summed E-state index contributed by atoms with van der Waals surface area (Å²) >= 11 is 3.43. The van der Waals surface area contributed by atoms with Crippen LogP contribution in [0.25, 0.3) is 0 Å². The molecule has 2 rings (SSSR count). The quantitative estimate of drug-likeness (QED) is 0.830. The second-order valence-electron chi connectivity index (χ2n) is 4.60. The Balaban J connectivity index is 1.86. The molecule has 1 atom stereocenters. The molecule has 0 spiro atoms. The highest BCUT2D eigenvalue weighted by atomic mass is 79.9. The fraction of sp³-hybridized carbons (Fsp3) is 0.188. The van der Waals surface area contributed by atoms with Crippen molar-refractivity contribution in [3.63, 3.8) is 0 Å². The number of hydrogen-bond acceptors (Lipinski definition) is 4. The van der Waals surface area contributed by atoms with Gasteiger partial charge in [-0.15, -0.1) is 0 Å². The van der Waals surface area contributed by atoms with Crippen LogP contribution in [-0.2, 0) is 9.53 Å². The molecule has 0 aliphatic rings. The minimum Gasteiger partial charge on any atom is -0.451 e. The molecule has 22 heavy (non-hydrogen) atoms. The van der Waals surface area contributed by atoms with E-state index < -0.39 is 5.97 Å². The molecule has 2 aromatic rings. The van der Waals surface area contributed by atoms with Crippen LogP contribution in [0.2, 0.25) is 0 Å². The molecule has 0 fully saturated rings. The number of carbonyl (C=O) groups excluding carboxylic acids is 2. The Labute approximate surface area is 136 Å². The number of pyridine rings is 1. The highest BCUT2D eigenvalue weighted by Gasteiger charge is 2.14. The van der Waals surface area contributed by atoms with E-state index in [2.05, 4.69) is 26.2 Å². The minimum atomic E-state index is -0.621. The normalized spacial score (nSPS) is 11.5. The van der Waals surface area contributed by atoms with Crippen LogP contribution in [0.3, 0.4) is 0 Å². The lowest BCUT2D eigenvalue weighted by Gasteiger charge is -2.15. The number of benzene rings is 1. The van der Waals surface area contributed by atoms with Crippen LogP contribution in [0.15, 0.2) is 53.1 Å². The molecule has 0 saturated carbocycles. The van der Waals surface area contributed by atoms with E-state index in [1.807, 2.05) is 31.2 Å². The van der Waals surface area contributed by atoms with Gasteiger partial charge in [-0.2, -0.15) is 0 Å². The van der Waals surface area contributed by atoms with Crippen LogP contribution >= 0.6 is 15.9 Å². The summed E-state index contributed by atoms with van der Waals surface area (Å²) in [5, 5.41) is 2.78. The van der Waals surface area contributed by atoms with Gasteiger partial charge in [-0.25, -0.2) is 9.78 Å². The summed E-state index contributed by atoms with van der Waals surface area (Å²) < 4.78 is 5.84. The number of rotatable bonds is 5. The van der Waals surface area contributed by atoms with Gasteiger partial charge in [0.25, 0.3) is 5.91 Å². The third kappa shape index (κ3) is 4.39. The van der Waals surface area contributed by atoms with Gasteiger partial charge in [0, 0.05) is 10.7 Å². The van der Waals surface area contributed by atoms with E-state index in [0.29, 0.717) is 0 Å². The maximum atomic E-state index is 11.8. The molecule has 0 aliphatic heterocycles. The van der Waals surface area contributed by atoms with Crippen molar-refractivity contribution in [3.05, 3.63) is 64.4 Å². The molecule has 0 radical (unpaired) electrons. The Morgan fingerprint density at radius 1 is 1.23 bits per heavy atom. The average Bonchev–Trinajstić information content (AvgIpc) is 2.53. The third-order valence-electron chi connectivity index (χ3n) is 2.96. The van der Waals surface area contributed by atoms with Crippen LogP contribution in [0.4, 0.5) is 0 Å². The number of aromatic nitrogens is 1. The summed E-state index contributed by atoms with van der Waals surface area (Å²) in [5.74, 6) is -0.989. The van der Waals surface area contributed by atoms with Gasteiger partial charge < -0.3 is 10.1 Å². The monoisotopic (exact) mass is 362 g/mol. The van der Waals surface area contributed by atoms with Gasteiger partial charge in [-0.05, 0) is 30.7 Å². The highest BCUT2D eigenvalue weighted by Crippen LogP contribution is 2.22. The van der Waals surface area contributed by atoms with Gasteiger partial charge in [0.1, 0.15) is 5.69 Å². The van der Waals surface area contributed by atoms with Crippen molar-refractivity contribution in [3.8, 4) is 0 Å². The number of nitrogens with one attached hydrogen (secondary N) is 1. The van der Waals surface area contributed by atoms with Gasteiger partial charge in [-0.3, -0.25) is 4.79 Å². The van der Waals surface area contributed by atoms with Gasteiger partial charge in [-0.1, -0.05) is 40.2 Å². The van der Waals surface area contributed by atoms with Crippen molar-refractivity contribution in [1.82, 2.24) is 10.3 Å². The first-order valence-electron chi connectivity index (χ1n) is 6.70. The van der Waals surface area contributed by atoms with E-state index in [0.717, 1.165) is 10.0 Å². The Bertz CT molecular complexity index is 661. The summed E-state index contributed by atoms with van der Waals surface area (Å²) in [6.07, 6.45) is 1.49. The highest BCUT2D eigenvalue weighted by molar-refractivity contribution is 9.10. The molecule has 0 saturated heterocycles. The average molecular weight is 363 g/mol. The molecule has 1 N–H and O–H groups in total. The van der Waals surface area contributed by atoms with Crippen molar-refractivity contribution in [2.24, 2.45) is 0 Å². The largest absolute Gasteiger partial charge is 0.451 e. The van der Waals surface area contributed by atoms with Gasteiger partial charge in [0.2, 0.25) is 0 Å². The van der Waals surface area contributed by atoms with E-state index in [-0.39, 0.29) is 24.2 Å². The first kappa shape index (κ1) is 16.2. The van der Waals surface area contributed by atoms with E-state index in [1.165, 1.54) is 12.3 Å². The summed E-state index contributed by atoms with van der Waals surface area (Å²) in [6.45, 7) is 1.52. The SMILES string of the molecule is C[C@H](NC(=O)COC(=O)c1ccccn1)c1ccccc1Br. The fourth-order valence-electron chi connectivity index (χ4n) is 1.88. The summed E-state index contributed by atoms with van der Waals surface area (Å²) in [4.78, 5) is 27.4. The molecule has 1 aromatic carbocycles. The number of amides is 1. The van der Waals surface area contributed by atoms with E-state index in [1.54, 1.807) is 12.1 Å². The number of hydrogen-bond donors (Lipinski definition) is 1. The fourth-order valence-corrected chi connectivity index (χ4v) is 2.50. The molecule has 6 heteroatoms. The summed E-state index contributed by atoms with van der Waals surface area (Å²) in [7, 11) is 0. The van der Waals surface area contributed by atoms with Crippen molar-refractivity contribution in [2.75, 3.05) is 6.61 Å². The second-order valence-corrected chi connectivity index (χ2v) is 5.46. The maximum absolute atomic E-state index is 11.8. The first-order chi connectivity index (χ1) is 10.6. The van der Waals surface area contributed by atoms with Gasteiger partial charge in [0.15, 0.2) is 6.61 Å². The molecular formula is C16H15BrN2O3. The molecule has 0 aliphatic carbocycles. The number of nitrogens with zero attached hydrogens (tertiary/aromatic N) is 1. The second kappa shape index (κ2) is 7.70. The molecule has 5 nitrogen and oxygen atoms in total. The number of halogens is 1. The first-order valence-corrected chi connectivity index (χ1v) is 7.49. The van der Waals surface area contributed by atoms with Crippen LogP contribution < -0.4 is 5.32 Å². The molecule has 1 amide bonds. The van der Waals surface area contributed by atoms with Crippen molar-refractivity contribution >= 4 is 27.8 Å². The summed E-state index contributed by atoms with van der Waals surface area (Å²) in [6, 6.07) is 12.3.